The van der Waals surface area contributed by atoms with E-state index >= 15 is 0 Å². The number of hydrogen-bond donors (Lipinski definition) is 1. The molecule has 1 N–H and O–H groups in total. The van der Waals surface area contributed by atoms with Crippen molar-refractivity contribution in [2.24, 2.45) is 0 Å². The van der Waals surface area contributed by atoms with Gasteiger partial charge in [0.05, 0.1) is 5.92 Å². The molecule has 26 heavy (non-hydrogen) atoms. The highest BCUT2D eigenvalue weighted by Crippen LogP contribution is 2.39. The van der Waals surface area contributed by atoms with Crippen molar-refractivity contribution in [3.63, 3.8) is 0 Å². The summed E-state index contributed by atoms with van der Waals surface area (Å²) in [4.78, 5) is 26.9. The number of carbonyl (C=O) groups is 2. The molecule has 0 bridgehead atoms. The van der Waals surface area contributed by atoms with E-state index in [-0.39, 0.29) is 23.3 Å². The molecular weight excluding hydrogens is 328 g/mol. The van der Waals surface area contributed by atoms with Gasteiger partial charge in [0.15, 0.2) is 0 Å². The molecular formula is C21H30N2O3. The first-order valence-electron chi connectivity index (χ1n) is 9.77. The second kappa shape index (κ2) is 8.67. The molecule has 0 aliphatic carbocycles. The lowest BCUT2D eigenvalue weighted by Crippen LogP contribution is -2.52. The molecule has 2 fully saturated rings. The third kappa shape index (κ3) is 4.44. The standard InChI is InChI=1S/C21H30N2O3/c1-26-15-7-3-6-10-19(24)23-13-11-21(12-14-23)16-18(20(25)22-21)17-8-4-2-5-9-17/h2,4-5,8-9,18H,3,6-7,10-16H2,1H3,(H,22,25)/t18-/m0/s1. The SMILES string of the molecule is COCCCCCC(=O)N1CCC2(CC1)C[C@@H](c1ccccc1)C(=O)N2. The van der Waals surface area contributed by atoms with Crippen molar-refractivity contribution in [1.82, 2.24) is 10.2 Å². The van der Waals surface area contributed by atoms with Gasteiger partial charge in [-0.25, -0.2) is 0 Å². The molecule has 2 aliphatic heterocycles. The van der Waals surface area contributed by atoms with Crippen LogP contribution in [0, 0.1) is 0 Å². The Labute approximate surface area is 156 Å². The number of carbonyl (C=O) groups excluding carboxylic acids is 2. The summed E-state index contributed by atoms with van der Waals surface area (Å²) in [7, 11) is 1.71. The Hall–Kier alpha value is -1.88. The topological polar surface area (TPSA) is 58.6 Å². The van der Waals surface area contributed by atoms with Crippen molar-refractivity contribution >= 4 is 11.8 Å². The number of rotatable bonds is 7. The Morgan fingerprint density at radius 3 is 2.62 bits per heavy atom. The lowest BCUT2D eigenvalue weighted by Gasteiger charge is -2.39. The van der Waals surface area contributed by atoms with Crippen LogP contribution in [-0.4, -0.2) is 49.1 Å². The third-order valence-corrected chi connectivity index (χ3v) is 5.81. The molecule has 142 valence electrons. The van der Waals surface area contributed by atoms with Gasteiger partial charge in [-0.15, -0.1) is 0 Å². The van der Waals surface area contributed by atoms with Crippen molar-refractivity contribution in [2.45, 2.75) is 56.4 Å². The van der Waals surface area contributed by atoms with Crippen LogP contribution < -0.4 is 5.32 Å². The van der Waals surface area contributed by atoms with Gasteiger partial charge in [0.2, 0.25) is 11.8 Å². The van der Waals surface area contributed by atoms with E-state index in [9.17, 15) is 9.59 Å². The average molecular weight is 358 g/mol. The first-order chi connectivity index (χ1) is 12.6. The minimum absolute atomic E-state index is 0.0563. The first-order valence-corrected chi connectivity index (χ1v) is 9.77. The Balaban J connectivity index is 1.47. The van der Waals surface area contributed by atoms with Crippen molar-refractivity contribution in [1.29, 1.82) is 0 Å². The van der Waals surface area contributed by atoms with Gasteiger partial charge in [-0.2, -0.15) is 0 Å². The zero-order valence-electron chi connectivity index (χ0n) is 15.7. The lowest BCUT2D eigenvalue weighted by atomic mass is 9.82. The number of amides is 2. The predicted octanol–water partition coefficient (Wildman–Crippen LogP) is 2.86. The van der Waals surface area contributed by atoms with E-state index in [0.29, 0.717) is 6.42 Å². The van der Waals surface area contributed by atoms with Crippen LogP contribution in [0.15, 0.2) is 30.3 Å². The number of ether oxygens (including phenoxy) is 1. The summed E-state index contributed by atoms with van der Waals surface area (Å²) < 4.78 is 5.04. The second-order valence-corrected chi connectivity index (χ2v) is 7.62. The highest BCUT2D eigenvalue weighted by Gasteiger charge is 2.46. The summed E-state index contributed by atoms with van der Waals surface area (Å²) in [5, 5.41) is 3.25. The molecule has 0 unspecified atom stereocenters. The van der Waals surface area contributed by atoms with E-state index in [0.717, 1.165) is 63.8 Å². The van der Waals surface area contributed by atoms with Crippen LogP contribution in [0.2, 0.25) is 0 Å². The minimum atomic E-state index is -0.132. The zero-order valence-corrected chi connectivity index (χ0v) is 15.7. The number of piperidine rings is 1. The van der Waals surface area contributed by atoms with Crippen molar-refractivity contribution in [3.05, 3.63) is 35.9 Å². The summed E-state index contributed by atoms with van der Waals surface area (Å²) in [5.41, 5.74) is 0.962. The molecule has 0 radical (unpaired) electrons. The molecule has 3 rings (SSSR count). The van der Waals surface area contributed by atoms with Crippen molar-refractivity contribution < 1.29 is 14.3 Å². The maximum absolute atomic E-state index is 12.5. The fourth-order valence-corrected chi connectivity index (χ4v) is 4.21. The maximum atomic E-state index is 12.5. The van der Waals surface area contributed by atoms with Crippen LogP contribution in [0.1, 0.15) is 56.4 Å². The molecule has 2 amide bonds. The fourth-order valence-electron chi connectivity index (χ4n) is 4.21. The van der Waals surface area contributed by atoms with E-state index < -0.39 is 0 Å². The predicted molar refractivity (Wildman–Crippen MR) is 101 cm³/mol. The molecule has 1 atom stereocenters. The summed E-state index contributed by atoms with van der Waals surface area (Å²) in [6.45, 7) is 2.26. The summed E-state index contributed by atoms with van der Waals surface area (Å²) in [6, 6.07) is 10.0. The van der Waals surface area contributed by atoms with Crippen LogP contribution in [0.4, 0.5) is 0 Å². The highest BCUT2D eigenvalue weighted by atomic mass is 16.5. The van der Waals surface area contributed by atoms with Crippen LogP contribution in [0.5, 0.6) is 0 Å². The number of unbranched alkanes of at least 4 members (excludes halogenated alkanes) is 2. The highest BCUT2D eigenvalue weighted by molar-refractivity contribution is 5.87. The molecule has 0 saturated carbocycles. The largest absolute Gasteiger partial charge is 0.385 e. The van der Waals surface area contributed by atoms with Gasteiger partial charge in [-0.3, -0.25) is 9.59 Å². The van der Waals surface area contributed by atoms with Gasteiger partial charge in [0, 0.05) is 38.8 Å². The van der Waals surface area contributed by atoms with Crippen LogP contribution in [0.25, 0.3) is 0 Å². The smallest absolute Gasteiger partial charge is 0.228 e. The quantitative estimate of drug-likeness (QED) is 0.763. The Morgan fingerprint density at radius 2 is 1.92 bits per heavy atom. The van der Waals surface area contributed by atoms with Gasteiger partial charge < -0.3 is 15.0 Å². The van der Waals surface area contributed by atoms with Gasteiger partial charge >= 0.3 is 0 Å². The monoisotopic (exact) mass is 358 g/mol. The number of benzene rings is 1. The van der Waals surface area contributed by atoms with E-state index in [1.807, 2.05) is 35.2 Å². The molecule has 1 aromatic rings. The number of nitrogens with zero attached hydrogens (tertiary/aromatic N) is 1. The van der Waals surface area contributed by atoms with Gasteiger partial charge in [0.1, 0.15) is 0 Å². The van der Waals surface area contributed by atoms with Crippen LogP contribution in [0.3, 0.4) is 0 Å². The van der Waals surface area contributed by atoms with E-state index in [2.05, 4.69) is 5.32 Å². The number of nitrogens with one attached hydrogen (secondary N) is 1. The van der Waals surface area contributed by atoms with Crippen LogP contribution in [-0.2, 0) is 14.3 Å². The van der Waals surface area contributed by atoms with Gasteiger partial charge in [-0.05, 0) is 37.7 Å². The van der Waals surface area contributed by atoms with Crippen molar-refractivity contribution in [3.8, 4) is 0 Å². The number of likely N-dealkylation sites (tertiary alicyclic amines) is 1. The third-order valence-electron chi connectivity index (χ3n) is 5.81. The Bertz CT molecular complexity index is 609. The molecule has 1 aromatic carbocycles. The van der Waals surface area contributed by atoms with Crippen LogP contribution >= 0.6 is 0 Å². The molecule has 0 aromatic heterocycles. The van der Waals surface area contributed by atoms with Gasteiger partial charge in [-0.1, -0.05) is 36.8 Å². The molecule has 1 spiro atoms. The number of hydrogen-bond acceptors (Lipinski definition) is 3. The second-order valence-electron chi connectivity index (χ2n) is 7.62. The normalized spacial score (nSPS) is 21.8. The first kappa shape index (κ1) is 18.9. The molecule has 5 heteroatoms. The molecule has 2 saturated heterocycles. The Kier molecular flexibility index (Phi) is 6.30. The summed E-state index contributed by atoms with van der Waals surface area (Å²) >= 11 is 0. The van der Waals surface area contributed by atoms with E-state index in [1.165, 1.54) is 0 Å². The van der Waals surface area contributed by atoms with E-state index in [1.54, 1.807) is 7.11 Å². The molecule has 2 aliphatic rings. The Morgan fingerprint density at radius 1 is 1.19 bits per heavy atom. The number of methoxy groups -OCH3 is 1. The lowest BCUT2D eigenvalue weighted by molar-refractivity contribution is -0.133. The average Bonchev–Trinajstić information content (AvgIpc) is 2.98. The maximum Gasteiger partial charge on any atom is 0.228 e. The molecule has 5 nitrogen and oxygen atoms in total. The van der Waals surface area contributed by atoms with Gasteiger partial charge in [0.25, 0.3) is 0 Å². The summed E-state index contributed by atoms with van der Waals surface area (Å²) in [5.74, 6) is 0.328. The zero-order chi connectivity index (χ0) is 18.4. The van der Waals surface area contributed by atoms with E-state index in [4.69, 9.17) is 4.74 Å². The van der Waals surface area contributed by atoms with Crippen molar-refractivity contribution in [2.75, 3.05) is 26.8 Å². The fraction of sp³-hybridized carbons (Fsp3) is 0.619. The minimum Gasteiger partial charge on any atom is -0.385 e. The molecule has 2 heterocycles. The summed E-state index contributed by atoms with van der Waals surface area (Å²) in [6.07, 6.45) is 6.15.